The second kappa shape index (κ2) is 22.0. The number of hydrogen-bond acceptors (Lipinski definition) is 8. The molecule has 9 N–H and O–H groups in total. The largest absolute Gasteiger partial charge is 0.480 e. The molecule has 16 nitrogen and oxygen atoms in total. The van der Waals surface area contributed by atoms with Gasteiger partial charge in [-0.3, -0.25) is 33.6 Å². The lowest BCUT2D eigenvalue weighted by atomic mass is 9.84. The highest BCUT2D eigenvalue weighted by Gasteiger charge is 2.34. The summed E-state index contributed by atoms with van der Waals surface area (Å²) in [5, 5.41) is 25.3. The van der Waals surface area contributed by atoms with E-state index in [2.05, 4.69) is 31.9 Å². The van der Waals surface area contributed by atoms with Gasteiger partial charge in [0.25, 0.3) is 0 Å². The zero-order valence-electron chi connectivity index (χ0n) is 30.5. The summed E-state index contributed by atoms with van der Waals surface area (Å²) in [6, 6.07) is 2.55. The molecule has 288 valence electrons. The van der Waals surface area contributed by atoms with Gasteiger partial charge in [0.05, 0.1) is 0 Å². The smallest absolute Gasteiger partial charge is 0.326 e. The molecule has 0 heterocycles. The minimum Gasteiger partial charge on any atom is -0.480 e. The highest BCUT2D eigenvalue weighted by Crippen LogP contribution is 2.27. The molecule has 2 rings (SSSR count). The molecule has 0 radical (unpaired) electrons. The summed E-state index contributed by atoms with van der Waals surface area (Å²) < 4.78 is 0. The second-order valence-corrected chi connectivity index (χ2v) is 13.8. The molecule has 1 aliphatic rings. The van der Waals surface area contributed by atoms with Gasteiger partial charge in [0.1, 0.15) is 30.2 Å². The summed E-state index contributed by atoms with van der Waals surface area (Å²) in [4.78, 5) is 102. The molecular formula is C36H55N7O9. The van der Waals surface area contributed by atoms with Crippen LogP contribution in [0.4, 0.5) is 0 Å². The van der Waals surface area contributed by atoms with Crippen LogP contribution in [-0.2, 0) is 44.8 Å². The SMILES string of the molecule is CC(=O)NC[C@H](NC(=O)[C@H](CC1CCCCC1)NC(=O)[C@H](CCC(N)=O)NC(C)=O)C(=O)N[C@@H](CC(C)C)C(=O)N[C@@H](Cc1ccccc1)C(=O)O. The number of carbonyl (C=O) groups excluding carboxylic acids is 7. The van der Waals surface area contributed by atoms with Crippen LogP contribution in [0.2, 0.25) is 0 Å². The maximum Gasteiger partial charge on any atom is 0.326 e. The molecule has 5 atom stereocenters. The molecule has 0 unspecified atom stereocenters. The van der Waals surface area contributed by atoms with Crippen molar-refractivity contribution >= 4 is 47.3 Å². The molecule has 52 heavy (non-hydrogen) atoms. The lowest BCUT2D eigenvalue weighted by Gasteiger charge is -2.30. The van der Waals surface area contributed by atoms with E-state index in [0.717, 1.165) is 32.1 Å². The van der Waals surface area contributed by atoms with Gasteiger partial charge in [-0.1, -0.05) is 76.3 Å². The first-order valence-corrected chi connectivity index (χ1v) is 17.8. The number of carboxylic acids is 1. The van der Waals surface area contributed by atoms with Crippen LogP contribution in [0.25, 0.3) is 0 Å². The number of carbonyl (C=O) groups is 8. The van der Waals surface area contributed by atoms with Gasteiger partial charge < -0.3 is 42.7 Å². The van der Waals surface area contributed by atoms with E-state index in [0.29, 0.717) is 5.56 Å². The Balaban J connectivity index is 2.31. The predicted molar refractivity (Wildman–Crippen MR) is 191 cm³/mol. The molecule has 1 aromatic rings. The lowest BCUT2D eigenvalue weighted by molar-refractivity contribution is -0.142. The molecule has 0 bridgehead atoms. The zero-order chi connectivity index (χ0) is 38.8. The summed E-state index contributed by atoms with van der Waals surface area (Å²) in [5.74, 6) is -6.00. The maximum atomic E-state index is 13.9. The molecule has 0 spiro atoms. The van der Waals surface area contributed by atoms with Gasteiger partial charge in [0.15, 0.2) is 0 Å². The molecule has 0 aliphatic heterocycles. The Morgan fingerprint density at radius 1 is 0.712 bits per heavy atom. The predicted octanol–water partition coefficient (Wildman–Crippen LogP) is 0.176. The van der Waals surface area contributed by atoms with E-state index >= 15 is 0 Å². The molecule has 7 amide bonds. The highest BCUT2D eigenvalue weighted by molar-refractivity contribution is 5.96. The summed E-state index contributed by atoms with van der Waals surface area (Å²) in [6.07, 6.45) is 4.64. The van der Waals surface area contributed by atoms with Gasteiger partial charge in [-0.05, 0) is 36.7 Å². The minimum absolute atomic E-state index is 0.00486. The third-order valence-corrected chi connectivity index (χ3v) is 8.73. The molecule has 1 saturated carbocycles. The van der Waals surface area contributed by atoms with Crippen molar-refractivity contribution in [3.63, 3.8) is 0 Å². The van der Waals surface area contributed by atoms with E-state index in [1.165, 1.54) is 13.8 Å². The first-order chi connectivity index (χ1) is 24.5. The summed E-state index contributed by atoms with van der Waals surface area (Å²) in [5.41, 5.74) is 5.94. The van der Waals surface area contributed by atoms with Crippen LogP contribution in [0.3, 0.4) is 0 Å². The standard InChI is InChI=1S/C36H55N7O9/c1-21(2)17-27(33(48)42-29(36(51)52)19-25-13-9-6-10-14-25)40-35(50)30(20-38-22(3)44)43-34(49)28(18-24-11-7-5-8-12-24)41-32(47)26(39-23(4)45)15-16-31(37)46/h6,9-10,13-14,21,24,26-30H,5,7-8,11-12,15-20H2,1-4H3,(H2,37,46)(H,38,44)(H,39,45)(H,40,50)(H,41,47)(H,42,48)(H,43,49)(H,51,52)/t26-,27-,28-,29-,30-/m0/s1. The van der Waals surface area contributed by atoms with Crippen molar-refractivity contribution in [3.8, 4) is 0 Å². The highest BCUT2D eigenvalue weighted by atomic mass is 16.4. The fraction of sp³-hybridized carbons (Fsp3) is 0.611. The number of primary amides is 1. The van der Waals surface area contributed by atoms with Gasteiger partial charge in [-0.25, -0.2) is 4.79 Å². The van der Waals surface area contributed by atoms with Gasteiger partial charge in [0, 0.05) is 33.2 Å². The fourth-order valence-electron chi connectivity index (χ4n) is 6.09. The van der Waals surface area contributed by atoms with Gasteiger partial charge in [0.2, 0.25) is 41.4 Å². The fourth-order valence-corrected chi connectivity index (χ4v) is 6.09. The summed E-state index contributed by atoms with van der Waals surface area (Å²) in [6.45, 7) is 5.71. The molecule has 16 heteroatoms. The Hall–Kier alpha value is -5.02. The van der Waals surface area contributed by atoms with Crippen molar-refractivity contribution in [3.05, 3.63) is 35.9 Å². The van der Waals surface area contributed by atoms with Gasteiger partial charge >= 0.3 is 5.97 Å². The molecule has 0 aromatic heterocycles. The Kier molecular flexibility index (Phi) is 18.3. The number of aliphatic carboxylic acids is 1. The van der Waals surface area contributed by atoms with Crippen LogP contribution in [0.5, 0.6) is 0 Å². The van der Waals surface area contributed by atoms with Crippen molar-refractivity contribution < 1.29 is 43.5 Å². The van der Waals surface area contributed by atoms with Gasteiger partial charge in [-0.15, -0.1) is 0 Å². The van der Waals surface area contributed by atoms with E-state index in [1.54, 1.807) is 30.3 Å². The maximum absolute atomic E-state index is 13.9. The Morgan fingerprint density at radius 2 is 1.25 bits per heavy atom. The average molecular weight is 730 g/mol. The van der Waals surface area contributed by atoms with E-state index in [1.807, 2.05) is 13.8 Å². The number of carboxylic acid groups (broad SMARTS) is 1. The lowest BCUT2D eigenvalue weighted by Crippen LogP contribution is -2.61. The van der Waals surface area contributed by atoms with Crippen LogP contribution in [0, 0.1) is 11.8 Å². The molecule has 1 aliphatic carbocycles. The second-order valence-electron chi connectivity index (χ2n) is 13.8. The number of rotatable bonds is 21. The van der Waals surface area contributed by atoms with Crippen LogP contribution >= 0.6 is 0 Å². The number of hydrogen-bond donors (Lipinski definition) is 8. The van der Waals surface area contributed by atoms with Crippen molar-refractivity contribution in [2.24, 2.45) is 17.6 Å². The minimum atomic E-state index is -1.40. The zero-order valence-corrected chi connectivity index (χ0v) is 30.5. The van der Waals surface area contributed by atoms with Crippen molar-refractivity contribution in [1.82, 2.24) is 31.9 Å². The number of nitrogens with two attached hydrogens (primary N) is 1. The first-order valence-electron chi connectivity index (χ1n) is 17.8. The topological polar surface area (TPSA) is 255 Å². The van der Waals surface area contributed by atoms with Crippen molar-refractivity contribution in [2.75, 3.05) is 6.54 Å². The monoisotopic (exact) mass is 729 g/mol. The third kappa shape index (κ3) is 16.3. The molecule has 1 aromatic carbocycles. The van der Waals surface area contributed by atoms with Crippen LogP contribution in [-0.4, -0.2) is 89.2 Å². The normalized spacial score (nSPS) is 15.9. The average Bonchev–Trinajstić information content (AvgIpc) is 3.07. The molecule has 0 saturated heterocycles. The molecule has 1 fully saturated rings. The van der Waals surface area contributed by atoms with E-state index in [4.69, 9.17) is 5.73 Å². The Morgan fingerprint density at radius 3 is 1.81 bits per heavy atom. The van der Waals surface area contributed by atoms with Crippen LogP contribution in [0.1, 0.15) is 91.0 Å². The third-order valence-electron chi connectivity index (χ3n) is 8.73. The molecular weight excluding hydrogens is 674 g/mol. The number of nitrogens with one attached hydrogen (secondary N) is 6. The number of benzene rings is 1. The quantitative estimate of drug-likeness (QED) is 0.0858. The van der Waals surface area contributed by atoms with Crippen LogP contribution < -0.4 is 37.6 Å². The number of amides is 7. The Bertz CT molecular complexity index is 1400. The van der Waals surface area contributed by atoms with Crippen molar-refractivity contribution in [1.29, 1.82) is 0 Å². The van der Waals surface area contributed by atoms with Gasteiger partial charge in [-0.2, -0.15) is 0 Å². The first kappa shape index (κ1) is 43.1. The van der Waals surface area contributed by atoms with Crippen LogP contribution in [0.15, 0.2) is 30.3 Å². The van der Waals surface area contributed by atoms with Crippen molar-refractivity contribution in [2.45, 2.75) is 122 Å². The van der Waals surface area contributed by atoms with E-state index < -0.39 is 77.5 Å². The Labute approximate surface area is 304 Å². The van der Waals surface area contributed by atoms with E-state index in [9.17, 15) is 43.5 Å². The summed E-state index contributed by atoms with van der Waals surface area (Å²) in [7, 11) is 0. The van der Waals surface area contributed by atoms with E-state index in [-0.39, 0.29) is 50.5 Å². The summed E-state index contributed by atoms with van der Waals surface area (Å²) >= 11 is 0.